The molecule has 2 N–H and O–H groups in total. The van der Waals surface area contributed by atoms with Crippen LogP contribution >= 0.6 is 0 Å². The molecule has 1 unspecified atom stereocenters. The van der Waals surface area contributed by atoms with Crippen molar-refractivity contribution >= 4 is 13.8 Å². The monoisotopic (exact) mass is 181 g/mol. The molecule has 1 fully saturated rings. The highest BCUT2D eigenvalue weighted by atomic mass is 16.4. The molecule has 1 aliphatic heterocycles. The van der Waals surface area contributed by atoms with Crippen LogP contribution in [0.1, 0.15) is 19.3 Å². The van der Waals surface area contributed by atoms with Gasteiger partial charge in [0.15, 0.2) is 0 Å². The zero-order chi connectivity index (χ0) is 9.68. The smallest absolute Gasteiger partial charge is 0.306 e. The number of carboxylic acids is 1. The molecular weight excluding hydrogens is 165 g/mol. The van der Waals surface area contributed by atoms with Gasteiger partial charge >= 0.3 is 5.97 Å². The molecule has 3 nitrogen and oxygen atoms in total. The van der Waals surface area contributed by atoms with Gasteiger partial charge in [-0.25, -0.2) is 0 Å². The molecule has 0 aromatic carbocycles. The lowest BCUT2D eigenvalue weighted by molar-refractivity contribution is -0.144. The van der Waals surface area contributed by atoms with Gasteiger partial charge in [0.25, 0.3) is 0 Å². The van der Waals surface area contributed by atoms with Crippen molar-refractivity contribution in [2.45, 2.75) is 25.6 Å². The van der Waals surface area contributed by atoms with E-state index in [1.54, 1.807) is 0 Å². The fourth-order valence-corrected chi connectivity index (χ4v) is 1.93. The van der Waals surface area contributed by atoms with E-state index in [0.29, 0.717) is 6.32 Å². The largest absolute Gasteiger partial charge is 0.481 e. The van der Waals surface area contributed by atoms with E-state index in [0.717, 1.165) is 32.4 Å². The van der Waals surface area contributed by atoms with Crippen LogP contribution in [0, 0.1) is 11.8 Å². The molecule has 0 aliphatic carbocycles. The summed E-state index contributed by atoms with van der Waals surface area (Å²) in [5.41, 5.74) is 0. The molecule has 1 aliphatic rings. The maximum Gasteiger partial charge on any atom is 0.306 e. The lowest BCUT2D eigenvalue weighted by Crippen LogP contribution is -2.40. The van der Waals surface area contributed by atoms with Gasteiger partial charge in [0.1, 0.15) is 0 Å². The Hall–Kier alpha value is -0.505. The van der Waals surface area contributed by atoms with Crippen molar-refractivity contribution in [1.82, 2.24) is 5.32 Å². The van der Waals surface area contributed by atoms with E-state index in [-0.39, 0.29) is 11.8 Å². The molecule has 1 rings (SSSR count). The Morgan fingerprint density at radius 3 is 3.00 bits per heavy atom. The topological polar surface area (TPSA) is 49.3 Å². The summed E-state index contributed by atoms with van der Waals surface area (Å²) in [6.07, 6.45) is 3.27. The highest BCUT2D eigenvalue weighted by molar-refractivity contribution is 6.08. The first-order chi connectivity index (χ1) is 6.25. The molecule has 0 spiro atoms. The summed E-state index contributed by atoms with van der Waals surface area (Å²) in [7, 11) is 5.40. The highest BCUT2D eigenvalue weighted by Crippen LogP contribution is 2.24. The first kappa shape index (κ1) is 10.6. The van der Waals surface area contributed by atoms with Gasteiger partial charge in [-0.05, 0) is 31.8 Å². The van der Waals surface area contributed by atoms with E-state index >= 15 is 0 Å². The lowest BCUT2D eigenvalue weighted by Gasteiger charge is -2.29. The molecule has 2 atom stereocenters. The van der Waals surface area contributed by atoms with E-state index in [1.165, 1.54) is 0 Å². The lowest BCUT2D eigenvalue weighted by atomic mass is 9.82. The van der Waals surface area contributed by atoms with Gasteiger partial charge in [0, 0.05) is 0 Å². The first-order valence-electron chi connectivity index (χ1n) is 4.89. The minimum atomic E-state index is -0.650. The van der Waals surface area contributed by atoms with Crippen LogP contribution in [-0.4, -0.2) is 32.0 Å². The molecular formula is C9H16BNO2. The highest BCUT2D eigenvalue weighted by Gasteiger charge is 2.29. The first-order valence-corrected chi connectivity index (χ1v) is 4.89. The van der Waals surface area contributed by atoms with Gasteiger partial charge in [-0.1, -0.05) is 12.7 Å². The van der Waals surface area contributed by atoms with Crippen LogP contribution < -0.4 is 5.32 Å². The van der Waals surface area contributed by atoms with Gasteiger partial charge in [0.05, 0.1) is 13.8 Å². The standard InChI is InChI=1S/C9H16BNO2/c10-4-1-2-7-6-11-5-3-8(7)9(12)13/h7-8,11H,1-6H2,(H,12,13)/t7-,8?/m1/s1. The second-order valence-electron chi connectivity index (χ2n) is 3.63. The summed E-state index contributed by atoms with van der Waals surface area (Å²) in [6, 6.07) is 0. The van der Waals surface area contributed by atoms with Crippen LogP contribution in [0.15, 0.2) is 0 Å². The maximum absolute atomic E-state index is 10.9. The normalized spacial score (nSPS) is 28.6. The summed E-state index contributed by atoms with van der Waals surface area (Å²) in [4.78, 5) is 10.9. The number of aliphatic carboxylic acids is 1. The van der Waals surface area contributed by atoms with Crippen molar-refractivity contribution in [3.05, 3.63) is 0 Å². The molecule has 0 aromatic heterocycles. The Labute approximate surface area is 80.3 Å². The van der Waals surface area contributed by atoms with Gasteiger partial charge < -0.3 is 10.4 Å². The van der Waals surface area contributed by atoms with E-state index in [4.69, 9.17) is 13.0 Å². The number of carbonyl (C=O) groups is 1. The minimum Gasteiger partial charge on any atom is -0.481 e. The van der Waals surface area contributed by atoms with Crippen LogP contribution in [0.3, 0.4) is 0 Å². The molecule has 0 aromatic rings. The quantitative estimate of drug-likeness (QED) is 0.626. The fraction of sp³-hybridized carbons (Fsp3) is 0.889. The zero-order valence-corrected chi connectivity index (χ0v) is 7.83. The number of nitrogens with one attached hydrogen (secondary N) is 1. The Morgan fingerprint density at radius 1 is 1.62 bits per heavy atom. The van der Waals surface area contributed by atoms with Crippen LogP contribution in [-0.2, 0) is 4.79 Å². The number of hydrogen-bond donors (Lipinski definition) is 2. The Bertz CT molecular complexity index is 175. The second-order valence-corrected chi connectivity index (χ2v) is 3.63. The van der Waals surface area contributed by atoms with Crippen molar-refractivity contribution in [2.75, 3.05) is 13.1 Å². The van der Waals surface area contributed by atoms with Gasteiger partial charge in [-0.3, -0.25) is 4.79 Å². The van der Waals surface area contributed by atoms with Crippen molar-refractivity contribution in [3.8, 4) is 0 Å². The second kappa shape index (κ2) is 5.27. The molecule has 0 bridgehead atoms. The number of rotatable bonds is 4. The van der Waals surface area contributed by atoms with Gasteiger partial charge in [-0.15, -0.1) is 0 Å². The molecule has 1 heterocycles. The predicted molar refractivity (Wildman–Crippen MR) is 51.9 cm³/mol. The summed E-state index contributed by atoms with van der Waals surface area (Å²) in [6.45, 7) is 1.66. The summed E-state index contributed by atoms with van der Waals surface area (Å²) in [5.74, 6) is -0.536. The SMILES string of the molecule is [B]CCC[C@@H]1CNCCC1C(=O)O. The Balaban J connectivity index is 2.41. The zero-order valence-electron chi connectivity index (χ0n) is 7.83. The van der Waals surface area contributed by atoms with Crippen molar-refractivity contribution in [1.29, 1.82) is 0 Å². The van der Waals surface area contributed by atoms with Crippen molar-refractivity contribution in [2.24, 2.45) is 11.8 Å². The van der Waals surface area contributed by atoms with Crippen LogP contribution in [0.2, 0.25) is 6.32 Å². The summed E-state index contributed by atoms with van der Waals surface area (Å²) in [5, 5.41) is 12.2. The average molecular weight is 181 g/mol. The third-order valence-electron chi connectivity index (χ3n) is 2.70. The third-order valence-corrected chi connectivity index (χ3v) is 2.70. The third kappa shape index (κ3) is 3.03. The maximum atomic E-state index is 10.9. The number of piperidine rings is 1. The van der Waals surface area contributed by atoms with Gasteiger partial charge in [0.2, 0.25) is 0 Å². The molecule has 0 saturated carbocycles. The van der Waals surface area contributed by atoms with Crippen molar-refractivity contribution in [3.63, 3.8) is 0 Å². The molecule has 1 saturated heterocycles. The van der Waals surface area contributed by atoms with E-state index in [9.17, 15) is 4.79 Å². The van der Waals surface area contributed by atoms with E-state index in [2.05, 4.69) is 5.32 Å². The average Bonchev–Trinajstić information content (AvgIpc) is 2.15. The Morgan fingerprint density at radius 2 is 2.38 bits per heavy atom. The fourth-order valence-electron chi connectivity index (χ4n) is 1.93. The predicted octanol–water partition coefficient (Wildman–Crippen LogP) is 0.664. The van der Waals surface area contributed by atoms with Crippen LogP contribution in [0.5, 0.6) is 0 Å². The summed E-state index contributed by atoms with van der Waals surface area (Å²) < 4.78 is 0. The minimum absolute atomic E-state index is 0.159. The Kier molecular flexibility index (Phi) is 4.29. The van der Waals surface area contributed by atoms with Crippen molar-refractivity contribution < 1.29 is 9.90 Å². The van der Waals surface area contributed by atoms with E-state index in [1.807, 2.05) is 0 Å². The molecule has 72 valence electrons. The molecule has 4 heteroatoms. The summed E-state index contributed by atoms with van der Waals surface area (Å²) >= 11 is 0. The molecule has 2 radical (unpaired) electrons. The van der Waals surface area contributed by atoms with Gasteiger partial charge in [-0.2, -0.15) is 0 Å². The number of carboxylic acid groups (broad SMARTS) is 1. The molecule has 13 heavy (non-hydrogen) atoms. The number of hydrogen-bond acceptors (Lipinski definition) is 2. The van der Waals surface area contributed by atoms with Crippen LogP contribution in [0.4, 0.5) is 0 Å². The molecule has 0 amide bonds. The van der Waals surface area contributed by atoms with E-state index < -0.39 is 5.97 Å². The van der Waals surface area contributed by atoms with Crippen LogP contribution in [0.25, 0.3) is 0 Å².